The van der Waals surface area contributed by atoms with E-state index in [1.165, 1.54) is 35.2 Å². The molecule has 2 aromatic heterocycles. The van der Waals surface area contributed by atoms with Crippen LogP contribution in [-0.4, -0.2) is 88.8 Å². The number of ether oxygens (including phenoxy) is 2. The number of anilines is 1. The minimum absolute atomic E-state index is 0.0852. The topological polar surface area (TPSA) is 212 Å². The van der Waals surface area contributed by atoms with Crippen LogP contribution in [0.3, 0.4) is 0 Å². The zero-order chi connectivity index (χ0) is 28.4. The van der Waals surface area contributed by atoms with E-state index in [0.29, 0.717) is 32.4 Å². The van der Waals surface area contributed by atoms with E-state index in [1.54, 1.807) is 4.90 Å². The second-order valence-electron chi connectivity index (χ2n) is 9.54. The smallest absolute Gasteiger partial charge is 0.410 e. The Morgan fingerprint density at radius 3 is 2.58 bits per heavy atom. The van der Waals surface area contributed by atoms with Gasteiger partial charge in [-0.15, -0.1) is 0 Å². The quantitative estimate of drug-likeness (QED) is 0.194. The number of hydrogen-bond donors (Lipinski definition) is 4. The van der Waals surface area contributed by atoms with Gasteiger partial charge in [0.25, 0.3) is 5.69 Å². The summed E-state index contributed by atoms with van der Waals surface area (Å²) < 4.78 is 12.3. The predicted molar refractivity (Wildman–Crippen MR) is 138 cm³/mol. The molecule has 0 radical (unpaired) electrons. The number of amides is 1. The Hall–Kier alpha value is -4.36. The molecule has 1 amide bonds. The van der Waals surface area contributed by atoms with Gasteiger partial charge >= 0.3 is 6.09 Å². The van der Waals surface area contributed by atoms with Crippen LogP contribution < -0.4 is 10.5 Å². The fraction of sp³-hybridized carbons (Fsp3) is 0.440. The third-order valence-corrected chi connectivity index (χ3v) is 6.96. The van der Waals surface area contributed by atoms with Gasteiger partial charge in [0.1, 0.15) is 29.6 Å². The lowest BCUT2D eigenvalue weighted by Gasteiger charge is -2.30. The van der Waals surface area contributed by atoms with Crippen molar-refractivity contribution in [2.75, 3.05) is 25.4 Å². The molecule has 0 spiro atoms. The summed E-state index contributed by atoms with van der Waals surface area (Å²) in [6, 6.07) is 5.32. The first-order valence-corrected chi connectivity index (χ1v) is 12.6. The molecule has 1 aromatic carbocycles. The summed E-state index contributed by atoms with van der Waals surface area (Å²) in [5, 5.41) is 40.6. The number of hydrogen-bond acceptors (Lipinski definition) is 12. The van der Waals surface area contributed by atoms with Crippen molar-refractivity contribution < 1.29 is 34.5 Å². The normalized spacial score (nSPS) is 23.1. The number of nitrogen functional groups attached to an aromatic ring is 1. The molecular formula is C25H27N7O8. The molecule has 15 nitrogen and oxygen atoms in total. The van der Waals surface area contributed by atoms with Crippen LogP contribution in [0.2, 0.25) is 0 Å². The summed E-state index contributed by atoms with van der Waals surface area (Å²) in [6.07, 6.45) is -1.74. The van der Waals surface area contributed by atoms with Crippen LogP contribution in [0.1, 0.15) is 31.3 Å². The summed E-state index contributed by atoms with van der Waals surface area (Å²) >= 11 is 0. The Labute approximate surface area is 227 Å². The van der Waals surface area contributed by atoms with Crippen molar-refractivity contribution in [3.05, 3.63) is 46.5 Å². The fourth-order valence-electron chi connectivity index (χ4n) is 4.69. The summed E-state index contributed by atoms with van der Waals surface area (Å²) in [5.74, 6) is 6.71. The molecule has 2 aliphatic heterocycles. The van der Waals surface area contributed by atoms with E-state index in [-0.39, 0.29) is 40.2 Å². The van der Waals surface area contributed by atoms with Crippen molar-refractivity contribution in [2.24, 2.45) is 5.92 Å². The molecule has 4 heterocycles. The first-order valence-electron chi connectivity index (χ1n) is 12.6. The average Bonchev–Trinajstić information content (AvgIpc) is 3.50. The Kier molecular flexibility index (Phi) is 7.76. The highest BCUT2D eigenvalue weighted by Crippen LogP contribution is 2.32. The number of aromatic nitrogens is 4. The third kappa shape index (κ3) is 5.51. The van der Waals surface area contributed by atoms with E-state index in [0.717, 1.165) is 0 Å². The van der Waals surface area contributed by atoms with Gasteiger partial charge in [0.2, 0.25) is 5.82 Å². The van der Waals surface area contributed by atoms with Crippen LogP contribution in [0.5, 0.6) is 5.75 Å². The number of non-ortho nitro benzene ring substituents is 1. The van der Waals surface area contributed by atoms with Gasteiger partial charge in [0.05, 0.1) is 17.9 Å². The lowest BCUT2D eigenvalue weighted by atomic mass is 9.94. The number of nitro benzene ring substituents is 1. The fourth-order valence-corrected chi connectivity index (χ4v) is 4.69. The molecule has 2 aliphatic rings. The minimum Gasteiger partial charge on any atom is -0.410 e. The van der Waals surface area contributed by atoms with Gasteiger partial charge in [0, 0.05) is 31.6 Å². The Morgan fingerprint density at radius 1 is 1.20 bits per heavy atom. The summed E-state index contributed by atoms with van der Waals surface area (Å²) in [4.78, 5) is 37.1. The van der Waals surface area contributed by atoms with Crippen LogP contribution in [0.4, 0.5) is 16.3 Å². The zero-order valence-electron chi connectivity index (χ0n) is 21.2. The number of aliphatic hydroxyl groups is 3. The number of benzene rings is 1. The maximum atomic E-state index is 12.5. The van der Waals surface area contributed by atoms with Gasteiger partial charge in [-0.1, -0.05) is 5.92 Å². The molecule has 0 bridgehead atoms. The molecule has 15 heteroatoms. The molecule has 0 saturated carbocycles. The van der Waals surface area contributed by atoms with Crippen LogP contribution in [0.25, 0.3) is 11.2 Å². The van der Waals surface area contributed by atoms with E-state index in [4.69, 9.17) is 15.2 Å². The lowest BCUT2D eigenvalue weighted by Crippen LogP contribution is -2.40. The second kappa shape index (κ2) is 11.4. The molecule has 1 unspecified atom stereocenters. The SMILES string of the molecule is Nc1nc(C#CCC2CCN(C(=O)Oc3ccc([N+](=O)[O-])cc3)CC2)nc2c1ncn2[C@@H]1O[C@H](CO)[C@H](O)C1O. The van der Waals surface area contributed by atoms with E-state index in [2.05, 4.69) is 26.8 Å². The monoisotopic (exact) mass is 553 g/mol. The molecular weight excluding hydrogens is 526 g/mol. The number of likely N-dealkylation sites (tertiary alicyclic amines) is 1. The first kappa shape index (κ1) is 27.2. The number of fused-ring (bicyclic) bond motifs is 1. The first-order chi connectivity index (χ1) is 19.2. The van der Waals surface area contributed by atoms with Crippen LogP contribution >= 0.6 is 0 Å². The minimum atomic E-state index is -1.31. The van der Waals surface area contributed by atoms with E-state index in [9.17, 15) is 30.2 Å². The maximum Gasteiger partial charge on any atom is 0.415 e. The number of carbonyl (C=O) groups excluding carboxylic acids is 1. The molecule has 5 rings (SSSR count). The van der Waals surface area contributed by atoms with Gasteiger partial charge in [0.15, 0.2) is 17.7 Å². The number of rotatable bonds is 5. The number of nitrogens with zero attached hydrogens (tertiary/aromatic N) is 6. The lowest BCUT2D eigenvalue weighted by molar-refractivity contribution is -0.384. The number of aliphatic hydroxyl groups excluding tert-OH is 3. The zero-order valence-corrected chi connectivity index (χ0v) is 21.2. The number of imidazole rings is 1. The Balaban J connectivity index is 1.18. The highest BCUT2D eigenvalue weighted by Gasteiger charge is 2.44. The number of nitro groups is 1. The van der Waals surface area contributed by atoms with Gasteiger partial charge in [-0.25, -0.2) is 19.7 Å². The number of nitrogens with two attached hydrogens (primary N) is 1. The summed E-state index contributed by atoms with van der Waals surface area (Å²) in [6.45, 7) is 0.503. The molecule has 0 aliphatic carbocycles. The van der Waals surface area contributed by atoms with Crippen molar-refractivity contribution >= 4 is 28.8 Å². The van der Waals surface area contributed by atoms with Crippen molar-refractivity contribution in [1.29, 1.82) is 0 Å². The largest absolute Gasteiger partial charge is 0.415 e. The predicted octanol–water partition coefficient (Wildman–Crippen LogP) is 0.581. The van der Waals surface area contributed by atoms with E-state index >= 15 is 0 Å². The van der Waals surface area contributed by atoms with Gasteiger partial charge in [-0.05, 0) is 36.8 Å². The number of carbonyl (C=O) groups is 1. The molecule has 3 aromatic rings. The molecule has 2 fully saturated rings. The van der Waals surface area contributed by atoms with Crippen LogP contribution in [0.15, 0.2) is 30.6 Å². The van der Waals surface area contributed by atoms with E-state index in [1.807, 2.05) is 0 Å². The molecule has 2 saturated heterocycles. The standard InChI is InChI=1S/C25H27N7O8/c26-22-19-23(31(13-27-19)24-21(35)20(34)17(12-33)40-24)29-18(28-22)3-1-2-14-8-10-30(11-9-14)25(36)39-16-6-4-15(5-7-16)32(37)38/h4-7,13-14,17,20-21,24,33-35H,2,8-12H2,(H2,26,28,29)/t17-,20+,21?,24-/m1/s1. The van der Waals surface area contributed by atoms with Crippen molar-refractivity contribution in [2.45, 2.75) is 43.8 Å². The average molecular weight is 554 g/mol. The number of piperidine rings is 1. The highest BCUT2D eigenvalue weighted by atomic mass is 16.6. The van der Waals surface area contributed by atoms with E-state index < -0.39 is 42.2 Å². The summed E-state index contributed by atoms with van der Waals surface area (Å²) in [5.41, 5.74) is 6.52. The van der Waals surface area contributed by atoms with Gasteiger partial charge in [-0.3, -0.25) is 14.7 Å². The Bertz CT molecular complexity index is 1460. The van der Waals surface area contributed by atoms with Gasteiger partial charge < -0.3 is 35.4 Å². The maximum absolute atomic E-state index is 12.5. The second-order valence-corrected chi connectivity index (χ2v) is 9.54. The Morgan fingerprint density at radius 2 is 1.93 bits per heavy atom. The van der Waals surface area contributed by atoms with Crippen molar-refractivity contribution in [3.63, 3.8) is 0 Å². The highest BCUT2D eigenvalue weighted by molar-refractivity contribution is 5.82. The van der Waals surface area contributed by atoms with Crippen molar-refractivity contribution in [3.8, 4) is 17.6 Å². The molecule has 4 atom stereocenters. The van der Waals surface area contributed by atoms with Gasteiger partial charge in [-0.2, -0.15) is 0 Å². The molecule has 40 heavy (non-hydrogen) atoms. The summed E-state index contributed by atoms with van der Waals surface area (Å²) in [7, 11) is 0. The third-order valence-electron chi connectivity index (χ3n) is 6.96. The van der Waals surface area contributed by atoms with Crippen LogP contribution in [0, 0.1) is 27.9 Å². The molecule has 5 N–H and O–H groups in total. The molecule has 210 valence electrons. The van der Waals surface area contributed by atoms with Crippen molar-refractivity contribution in [1.82, 2.24) is 24.4 Å². The van der Waals surface area contributed by atoms with Crippen LogP contribution in [-0.2, 0) is 4.74 Å².